The molecule has 1 heterocycles. The van der Waals surface area contributed by atoms with Crippen molar-refractivity contribution in [3.05, 3.63) is 41.0 Å². The predicted octanol–water partition coefficient (Wildman–Crippen LogP) is 3.19. The molecule has 1 aromatic heterocycles. The number of aryl methyl sites for hydroxylation is 1. The second-order valence-electron chi connectivity index (χ2n) is 5.27. The van der Waals surface area contributed by atoms with Crippen molar-refractivity contribution in [1.29, 1.82) is 0 Å². The van der Waals surface area contributed by atoms with Gasteiger partial charge in [0.15, 0.2) is 5.82 Å². The molecule has 0 N–H and O–H groups in total. The maximum Gasteiger partial charge on any atom is 0.350 e. The number of hydrogen-bond acceptors (Lipinski definition) is 5. The van der Waals surface area contributed by atoms with E-state index in [0.29, 0.717) is 29.6 Å². The van der Waals surface area contributed by atoms with Crippen LogP contribution in [0.3, 0.4) is 0 Å². The van der Waals surface area contributed by atoms with Crippen molar-refractivity contribution < 1.29 is 14.3 Å². The van der Waals surface area contributed by atoms with Crippen molar-refractivity contribution in [3.8, 4) is 17.3 Å². The Morgan fingerprint density at radius 1 is 1.23 bits per heavy atom. The second-order valence-corrected chi connectivity index (χ2v) is 5.70. The van der Waals surface area contributed by atoms with Gasteiger partial charge in [-0.3, -0.25) is 0 Å². The minimum atomic E-state index is -0.882. The second kappa shape index (κ2) is 5.57. The quantitative estimate of drug-likeness (QED) is 0.810. The summed E-state index contributed by atoms with van der Waals surface area (Å²) in [6.07, 6.45) is 1.28. The summed E-state index contributed by atoms with van der Waals surface area (Å²) >= 11 is 5.89. The number of halogens is 1. The first-order chi connectivity index (χ1) is 10.5. The molecule has 3 rings (SSSR count). The summed E-state index contributed by atoms with van der Waals surface area (Å²) in [5.41, 5.74) is 0.712. The third kappa shape index (κ3) is 2.90. The van der Waals surface area contributed by atoms with Crippen LogP contribution in [0, 0.1) is 6.92 Å². The minimum absolute atomic E-state index is 0.364. The van der Waals surface area contributed by atoms with E-state index in [2.05, 4.69) is 9.97 Å². The van der Waals surface area contributed by atoms with Gasteiger partial charge in [0.1, 0.15) is 0 Å². The van der Waals surface area contributed by atoms with Gasteiger partial charge in [0.2, 0.25) is 11.5 Å². The smallest absolute Gasteiger partial charge is 0.350 e. The Kier molecular flexibility index (Phi) is 3.74. The number of methoxy groups -OCH3 is 1. The molecule has 0 bridgehead atoms. The van der Waals surface area contributed by atoms with Crippen molar-refractivity contribution in [3.63, 3.8) is 0 Å². The first-order valence-electron chi connectivity index (χ1n) is 6.91. The third-order valence-corrected chi connectivity index (χ3v) is 3.75. The average Bonchev–Trinajstić information content (AvgIpc) is 3.27. The number of ether oxygens (including phenoxy) is 2. The molecule has 1 fully saturated rings. The van der Waals surface area contributed by atoms with E-state index in [9.17, 15) is 4.79 Å². The van der Waals surface area contributed by atoms with Crippen LogP contribution in [0.2, 0.25) is 5.02 Å². The molecular weight excluding hydrogens is 304 g/mol. The zero-order valence-corrected chi connectivity index (χ0v) is 13.1. The number of rotatable bonds is 4. The lowest BCUT2D eigenvalue weighted by atomic mass is 10.2. The lowest BCUT2D eigenvalue weighted by molar-refractivity contribution is -0.151. The molecule has 1 aliphatic rings. The third-order valence-electron chi connectivity index (χ3n) is 3.49. The first kappa shape index (κ1) is 14.8. The van der Waals surface area contributed by atoms with Crippen molar-refractivity contribution in [2.24, 2.45) is 0 Å². The summed E-state index contributed by atoms with van der Waals surface area (Å²) < 4.78 is 10.6. The number of aromatic nitrogens is 2. The van der Waals surface area contributed by atoms with E-state index in [1.807, 2.05) is 19.1 Å². The molecule has 0 amide bonds. The highest BCUT2D eigenvalue weighted by Gasteiger charge is 2.54. The molecule has 0 unspecified atom stereocenters. The van der Waals surface area contributed by atoms with Crippen LogP contribution in [-0.4, -0.2) is 28.6 Å². The summed E-state index contributed by atoms with van der Waals surface area (Å²) in [4.78, 5) is 20.6. The molecule has 22 heavy (non-hydrogen) atoms. The van der Waals surface area contributed by atoms with E-state index < -0.39 is 5.60 Å². The standard InChI is InChI=1S/C16H15ClN2O3/c1-10-9-13(22-16(7-8-16)15(20)21-2)19-14(18-10)11-3-5-12(17)6-4-11/h3-6,9H,7-8H2,1-2H3. The van der Waals surface area contributed by atoms with Gasteiger partial charge in [-0.15, -0.1) is 0 Å². The largest absolute Gasteiger partial charge is 0.466 e. The molecule has 0 aliphatic heterocycles. The van der Waals surface area contributed by atoms with E-state index in [-0.39, 0.29) is 5.97 Å². The van der Waals surface area contributed by atoms with Gasteiger partial charge < -0.3 is 9.47 Å². The topological polar surface area (TPSA) is 61.3 Å². The van der Waals surface area contributed by atoms with Gasteiger partial charge in [0.25, 0.3) is 0 Å². The van der Waals surface area contributed by atoms with Gasteiger partial charge in [0, 0.05) is 35.2 Å². The molecule has 0 spiro atoms. The van der Waals surface area contributed by atoms with E-state index in [1.165, 1.54) is 7.11 Å². The highest BCUT2D eigenvalue weighted by atomic mass is 35.5. The van der Waals surface area contributed by atoms with Crippen LogP contribution in [0.25, 0.3) is 11.4 Å². The fraction of sp³-hybridized carbons (Fsp3) is 0.312. The number of benzene rings is 1. The lowest BCUT2D eigenvalue weighted by Gasteiger charge is -2.15. The lowest BCUT2D eigenvalue weighted by Crippen LogP contribution is -2.31. The van der Waals surface area contributed by atoms with Crippen LogP contribution in [0.4, 0.5) is 0 Å². The number of hydrogen-bond donors (Lipinski definition) is 0. The highest BCUT2D eigenvalue weighted by Crippen LogP contribution is 2.41. The molecule has 2 aromatic rings. The monoisotopic (exact) mass is 318 g/mol. The number of nitrogens with zero attached hydrogens (tertiary/aromatic N) is 2. The van der Waals surface area contributed by atoms with Crippen LogP contribution in [0.1, 0.15) is 18.5 Å². The van der Waals surface area contributed by atoms with E-state index in [4.69, 9.17) is 21.1 Å². The Balaban J connectivity index is 1.90. The number of carbonyl (C=O) groups is 1. The Morgan fingerprint density at radius 3 is 2.50 bits per heavy atom. The fourth-order valence-corrected chi connectivity index (χ4v) is 2.29. The Bertz CT molecular complexity index is 712. The summed E-state index contributed by atoms with van der Waals surface area (Å²) in [5.74, 6) is 0.546. The Morgan fingerprint density at radius 2 is 1.91 bits per heavy atom. The Hall–Kier alpha value is -2.14. The zero-order chi connectivity index (χ0) is 15.7. The molecule has 5 nitrogen and oxygen atoms in total. The zero-order valence-electron chi connectivity index (χ0n) is 12.3. The number of carbonyl (C=O) groups excluding carboxylic acids is 1. The van der Waals surface area contributed by atoms with Gasteiger partial charge in [-0.05, 0) is 31.2 Å². The predicted molar refractivity (Wildman–Crippen MR) is 81.8 cm³/mol. The normalized spacial score (nSPS) is 15.2. The maximum atomic E-state index is 11.8. The van der Waals surface area contributed by atoms with Crippen molar-refractivity contribution in [1.82, 2.24) is 9.97 Å². The van der Waals surface area contributed by atoms with Crippen LogP contribution < -0.4 is 4.74 Å². The van der Waals surface area contributed by atoms with E-state index in [1.54, 1.807) is 18.2 Å². The molecule has 6 heteroatoms. The molecule has 0 radical (unpaired) electrons. The summed E-state index contributed by atoms with van der Waals surface area (Å²) in [7, 11) is 1.36. The average molecular weight is 319 g/mol. The van der Waals surface area contributed by atoms with E-state index in [0.717, 1.165) is 11.3 Å². The van der Waals surface area contributed by atoms with Crippen LogP contribution >= 0.6 is 11.6 Å². The summed E-state index contributed by atoms with van der Waals surface area (Å²) in [5, 5.41) is 0.649. The SMILES string of the molecule is COC(=O)C1(Oc2cc(C)nc(-c3ccc(Cl)cc3)n2)CC1. The van der Waals surface area contributed by atoms with Crippen LogP contribution in [0.5, 0.6) is 5.88 Å². The van der Waals surface area contributed by atoms with Gasteiger partial charge in [-0.25, -0.2) is 9.78 Å². The molecule has 0 atom stereocenters. The van der Waals surface area contributed by atoms with Gasteiger partial charge in [-0.2, -0.15) is 4.98 Å². The van der Waals surface area contributed by atoms with Crippen molar-refractivity contribution in [2.45, 2.75) is 25.4 Å². The molecule has 1 saturated carbocycles. The molecular formula is C16H15ClN2O3. The number of esters is 1. The fourth-order valence-electron chi connectivity index (χ4n) is 2.17. The molecule has 1 aromatic carbocycles. The molecule has 114 valence electrons. The van der Waals surface area contributed by atoms with Gasteiger partial charge in [0.05, 0.1) is 7.11 Å². The van der Waals surface area contributed by atoms with Crippen molar-refractivity contribution >= 4 is 17.6 Å². The highest BCUT2D eigenvalue weighted by molar-refractivity contribution is 6.30. The first-order valence-corrected chi connectivity index (χ1v) is 7.29. The van der Waals surface area contributed by atoms with Crippen molar-refractivity contribution in [2.75, 3.05) is 7.11 Å². The molecule has 1 aliphatic carbocycles. The van der Waals surface area contributed by atoms with Crippen LogP contribution in [-0.2, 0) is 9.53 Å². The Labute approximate surface area is 133 Å². The van der Waals surface area contributed by atoms with E-state index >= 15 is 0 Å². The van der Waals surface area contributed by atoms with Gasteiger partial charge in [-0.1, -0.05) is 11.6 Å². The van der Waals surface area contributed by atoms with Gasteiger partial charge >= 0.3 is 5.97 Å². The summed E-state index contributed by atoms with van der Waals surface area (Å²) in [6, 6.07) is 8.95. The molecule has 0 saturated heterocycles. The minimum Gasteiger partial charge on any atom is -0.466 e. The summed E-state index contributed by atoms with van der Waals surface area (Å²) in [6.45, 7) is 1.85. The maximum absolute atomic E-state index is 11.8. The van der Waals surface area contributed by atoms with Crippen LogP contribution in [0.15, 0.2) is 30.3 Å².